The Balaban J connectivity index is 2.25. The third kappa shape index (κ3) is 2.91. The zero-order valence-electron chi connectivity index (χ0n) is 10.3. The van der Waals surface area contributed by atoms with Crippen LogP contribution < -0.4 is 0 Å². The highest BCUT2D eigenvalue weighted by Gasteiger charge is 2.22. The van der Waals surface area contributed by atoms with E-state index in [1.54, 1.807) is 13.1 Å². The van der Waals surface area contributed by atoms with E-state index in [9.17, 15) is 4.39 Å². The Bertz CT molecular complexity index is 384. The van der Waals surface area contributed by atoms with E-state index in [2.05, 4.69) is 9.89 Å². The van der Waals surface area contributed by atoms with Crippen molar-refractivity contribution in [3.8, 4) is 0 Å². The van der Waals surface area contributed by atoms with Gasteiger partial charge in [-0.2, -0.15) is 0 Å². The van der Waals surface area contributed by atoms with Gasteiger partial charge in [0.25, 0.3) is 0 Å². The first kappa shape index (κ1) is 12.2. The molecule has 0 amide bonds. The number of nitrogens with zero attached hydrogens (tertiary/aromatic N) is 2. The molecule has 17 heavy (non-hydrogen) atoms. The average molecular weight is 234 g/mol. The van der Waals surface area contributed by atoms with Gasteiger partial charge < -0.3 is 0 Å². The maximum Gasteiger partial charge on any atom is 0.128 e. The number of likely N-dealkylation sites (tertiary alicyclic amines) is 1. The van der Waals surface area contributed by atoms with Crippen LogP contribution in [0.5, 0.6) is 0 Å². The molecule has 0 saturated carbocycles. The lowest BCUT2D eigenvalue weighted by Gasteiger charge is -2.32. The minimum atomic E-state index is -0.136. The number of piperidine rings is 1. The van der Waals surface area contributed by atoms with E-state index in [1.807, 2.05) is 18.3 Å². The number of halogens is 1. The summed E-state index contributed by atoms with van der Waals surface area (Å²) in [5, 5.41) is 0. The van der Waals surface area contributed by atoms with E-state index in [0.717, 1.165) is 18.7 Å². The zero-order valence-corrected chi connectivity index (χ0v) is 10.3. The van der Waals surface area contributed by atoms with Crippen LogP contribution in [0.2, 0.25) is 0 Å². The molecule has 0 spiro atoms. The van der Waals surface area contributed by atoms with Gasteiger partial charge in [-0.1, -0.05) is 24.6 Å². The topological polar surface area (TPSA) is 15.6 Å². The molecule has 1 aromatic rings. The van der Waals surface area contributed by atoms with E-state index in [4.69, 9.17) is 0 Å². The van der Waals surface area contributed by atoms with Gasteiger partial charge in [0.2, 0.25) is 0 Å². The normalized spacial score (nSPS) is 19.6. The van der Waals surface area contributed by atoms with Crippen molar-refractivity contribution in [3.63, 3.8) is 0 Å². The van der Waals surface area contributed by atoms with Gasteiger partial charge in [0.1, 0.15) is 5.82 Å². The molecule has 3 heteroatoms. The Morgan fingerprint density at radius 3 is 2.59 bits per heavy atom. The van der Waals surface area contributed by atoms with E-state index < -0.39 is 0 Å². The lowest BCUT2D eigenvalue weighted by atomic mass is 10.0. The van der Waals surface area contributed by atoms with Crippen LogP contribution >= 0.6 is 0 Å². The quantitative estimate of drug-likeness (QED) is 0.734. The summed E-state index contributed by atoms with van der Waals surface area (Å²) in [6, 6.07) is 6.99. The van der Waals surface area contributed by atoms with Crippen molar-refractivity contribution >= 4 is 6.21 Å². The first-order valence-electron chi connectivity index (χ1n) is 6.23. The Kier molecular flexibility index (Phi) is 4.26. The largest absolute Gasteiger partial charge is 0.299 e. The molecule has 0 bridgehead atoms. The lowest BCUT2D eigenvalue weighted by molar-refractivity contribution is 0.202. The third-order valence-electron chi connectivity index (χ3n) is 3.30. The van der Waals surface area contributed by atoms with Crippen molar-refractivity contribution in [2.24, 2.45) is 4.99 Å². The Morgan fingerprint density at radius 1 is 1.24 bits per heavy atom. The standard InChI is InChI=1S/C14H19FN2/c1-16-11-14(17-9-5-2-6-10-17)12-7-3-4-8-13(12)15/h3-4,7-8,11,14H,2,5-6,9-10H2,1H3. The predicted molar refractivity (Wildman–Crippen MR) is 69.0 cm³/mol. The van der Waals surface area contributed by atoms with Crippen LogP contribution in [0.3, 0.4) is 0 Å². The molecule has 2 nitrogen and oxygen atoms in total. The number of benzene rings is 1. The fourth-order valence-corrected chi connectivity index (χ4v) is 2.42. The van der Waals surface area contributed by atoms with Crippen molar-refractivity contribution in [1.29, 1.82) is 0 Å². The Morgan fingerprint density at radius 2 is 1.94 bits per heavy atom. The number of rotatable bonds is 3. The number of aliphatic imine (C=N–C) groups is 1. The average Bonchev–Trinajstić information content (AvgIpc) is 2.38. The van der Waals surface area contributed by atoms with Crippen molar-refractivity contribution in [1.82, 2.24) is 4.90 Å². The fraction of sp³-hybridized carbons (Fsp3) is 0.500. The summed E-state index contributed by atoms with van der Waals surface area (Å²) in [4.78, 5) is 6.41. The summed E-state index contributed by atoms with van der Waals surface area (Å²) in [7, 11) is 1.75. The van der Waals surface area contributed by atoms with Crippen LogP contribution in [0.25, 0.3) is 0 Å². The monoisotopic (exact) mass is 234 g/mol. The summed E-state index contributed by atoms with van der Waals surface area (Å²) < 4.78 is 13.8. The molecular formula is C14H19FN2. The van der Waals surface area contributed by atoms with Crippen molar-refractivity contribution in [2.45, 2.75) is 25.3 Å². The van der Waals surface area contributed by atoms with Crippen LogP contribution in [0.15, 0.2) is 29.3 Å². The molecule has 1 aromatic carbocycles. The molecule has 1 unspecified atom stereocenters. The molecule has 0 aromatic heterocycles. The molecule has 0 aliphatic carbocycles. The molecule has 0 N–H and O–H groups in total. The van der Waals surface area contributed by atoms with Crippen LogP contribution in [0.4, 0.5) is 4.39 Å². The van der Waals surface area contributed by atoms with E-state index in [1.165, 1.54) is 25.3 Å². The smallest absolute Gasteiger partial charge is 0.128 e. The molecule has 92 valence electrons. The first-order valence-corrected chi connectivity index (χ1v) is 6.23. The minimum Gasteiger partial charge on any atom is -0.299 e. The van der Waals surface area contributed by atoms with Crippen LogP contribution in [0, 0.1) is 5.82 Å². The van der Waals surface area contributed by atoms with Gasteiger partial charge in [-0.3, -0.25) is 9.89 Å². The molecule has 2 rings (SSSR count). The summed E-state index contributed by atoms with van der Waals surface area (Å²) >= 11 is 0. The lowest BCUT2D eigenvalue weighted by Crippen LogP contribution is -2.35. The maximum absolute atomic E-state index is 13.8. The summed E-state index contributed by atoms with van der Waals surface area (Å²) in [5.74, 6) is -0.136. The Hall–Kier alpha value is -1.22. The minimum absolute atomic E-state index is 0.0125. The van der Waals surface area contributed by atoms with Crippen LogP contribution in [0.1, 0.15) is 30.9 Å². The second-order valence-corrected chi connectivity index (χ2v) is 4.47. The van der Waals surface area contributed by atoms with E-state index >= 15 is 0 Å². The summed E-state index contributed by atoms with van der Waals surface area (Å²) in [6.45, 7) is 2.07. The second kappa shape index (κ2) is 5.92. The van der Waals surface area contributed by atoms with Gasteiger partial charge in [-0.25, -0.2) is 4.39 Å². The van der Waals surface area contributed by atoms with Crippen molar-refractivity contribution in [3.05, 3.63) is 35.6 Å². The highest BCUT2D eigenvalue weighted by atomic mass is 19.1. The SMILES string of the molecule is CN=CC(c1ccccc1F)N1CCCCC1. The van der Waals surface area contributed by atoms with Gasteiger partial charge in [0.05, 0.1) is 6.04 Å². The molecule has 0 radical (unpaired) electrons. The van der Waals surface area contributed by atoms with E-state index in [-0.39, 0.29) is 11.9 Å². The molecule has 1 saturated heterocycles. The molecule has 1 aliphatic rings. The number of hydrogen-bond acceptors (Lipinski definition) is 2. The molecular weight excluding hydrogens is 215 g/mol. The van der Waals surface area contributed by atoms with E-state index in [0.29, 0.717) is 0 Å². The maximum atomic E-state index is 13.8. The molecule has 1 fully saturated rings. The second-order valence-electron chi connectivity index (χ2n) is 4.47. The molecule has 1 atom stereocenters. The number of hydrogen-bond donors (Lipinski definition) is 0. The predicted octanol–water partition coefficient (Wildman–Crippen LogP) is 3.05. The van der Waals surface area contributed by atoms with Gasteiger partial charge in [-0.15, -0.1) is 0 Å². The van der Waals surface area contributed by atoms with Crippen LogP contribution in [-0.4, -0.2) is 31.3 Å². The molecule has 1 aliphatic heterocycles. The van der Waals surface area contributed by atoms with Gasteiger partial charge in [-0.05, 0) is 32.0 Å². The third-order valence-corrected chi connectivity index (χ3v) is 3.30. The van der Waals surface area contributed by atoms with Crippen molar-refractivity contribution in [2.75, 3.05) is 20.1 Å². The fourth-order valence-electron chi connectivity index (χ4n) is 2.42. The Labute approximate surface area is 102 Å². The van der Waals surface area contributed by atoms with Gasteiger partial charge in [0, 0.05) is 18.8 Å². The van der Waals surface area contributed by atoms with Gasteiger partial charge in [0.15, 0.2) is 0 Å². The molecule has 1 heterocycles. The summed E-state index contributed by atoms with van der Waals surface area (Å²) in [6.07, 6.45) is 5.53. The summed E-state index contributed by atoms with van der Waals surface area (Å²) in [5.41, 5.74) is 0.736. The zero-order chi connectivity index (χ0) is 12.1. The highest BCUT2D eigenvalue weighted by Crippen LogP contribution is 2.25. The van der Waals surface area contributed by atoms with Crippen LogP contribution in [-0.2, 0) is 0 Å². The highest BCUT2D eigenvalue weighted by molar-refractivity contribution is 5.67. The first-order chi connectivity index (χ1) is 8.33. The van der Waals surface area contributed by atoms with Crippen molar-refractivity contribution < 1.29 is 4.39 Å². The van der Waals surface area contributed by atoms with Gasteiger partial charge >= 0.3 is 0 Å².